The molecule has 1 heterocycles. The van der Waals surface area contributed by atoms with Crippen molar-refractivity contribution in [2.75, 3.05) is 26.2 Å². The van der Waals surface area contributed by atoms with E-state index in [0.717, 1.165) is 57.3 Å². The number of likely N-dealkylation sites (tertiary alicyclic amines) is 1. The highest BCUT2D eigenvalue weighted by molar-refractivity contribution is 5.80. The van der Waals surface area contributed by atoms with Crippen LogP contribution < -0.4 is 5.32 Å². The van der Waals surface area contributed by atoms with Gasteiger partial charge < -0.3 is 15.3 Å². The minimum Gasteiger partial charge on any atom is -0.393 e. The van der Waals surface area contributed by atoms with Gasteiger partial charge in [0.1, 0.15) is 0 Å². The Morgan fingerprint density at radius 3 is 2.79 bits per heavy atom. The first-order valence-corrected chi connectivity index (χ1v) is 7.92. The number of guanidine groups is 1. The van der Waals surface area contributed by atoms with Crippen LogP contribution >= 0.6 is 0 Å². The number of nitrogens with one attached hydrogen (secondary N) is 1. The van der Waals surface area contributed by atoms with Crippen LogP contribution in [-0.2, 0) is 0 Å². The molecule has 1 saturated carbocycles. The van der Waals surface area contributed by atoms with Crippen molar-refractivity contribution >= 4 is 5.96 Å². The minimum atomic E-state index is -0.132. The third-order valence-corrected chi connectivity index (χ3v) is 4.39. The Morgan fingerprint density at radius 1 is 1.32 bits per heavy atom. The van der Waals surface area contributed by atoms with E-state index in [2.05, 4.69) is 24.1 Å². The second-order valence-corrected chi connectivity index (χ2v) is 6.15. The SMILES string of the molecule is CCNC(=NCC1CCCC1O)N1CCCC(C)C1. The molecule has 4 heteroatoms. The van der Waals surface area contributed by atoms with Gasteiger partial charge in [-0.15, -0.1) is 0 Å². The highest BCUT2D eigenvalue weighted by Gasteiger charge is 2.25. The van der Waals surface area contributed by atoms with Crippen LogP contribution in [0.25, 0.3) is 0 Å². The van der Waals surface area contributed by atoms with E-state index in [4.69, 9.17) is 4.99 Å². The monoisotopic (exact) mass is 267 g/mol. The summed E-state index contributed by atoms with van der Waals surface area (Å²) < 4.78 is 0. The van der Waals surface area contributed by atoms with Gasteiger partial charge in [-0.2, -0.15) is 0 Å². The van der Waals surface area contributed by atoms with Crippen LogP contribution in [0.2, 0.25) is 0 Å². The number of hydrogen-bond acceptors (Lipinski definition) is 2. The summed E-state index contributed by atoms with van der Waals surface area (Å²) in [6.45, 7) is 8.34. The van der Waals surface area contributed by atoms with Crippen LogP contribution in [0.3, 0.4) is 0 Å². The number of aliphatic hydroxyl groups excluding tert-OH is 1. The van der Waals surface area contributed by atoms with Crippen molar-refractivity contribution in [1.29, 1.82) is 0 Å². The zero-order valence-electron chi connectivity index (χ0n) is 12.4. The van der Waals surface area contributed by atoms with E-state index in [0.29, 0.717) is 5.92 Å². The lowest BCUT2D eigenvalue weighted by Gasteiger charge is -2.33. The molecule has 2 N–H and O–H groups in total. The van der Waals surface area contributed by atoms with Gasteiger partial charge in [-0.1, -0.05) is 13.3 Å². The molecule has 2 aliphatic rings. The van der Waals surface area contributed by atoms with Crippen molar-refractivity contribution in [3.05, 3.63) is 0 Å². The lowest BCUT2D eigenvalue weighted by atomic mass is 10.0. The molecule has 0 aromatic heterocycles. The van der Waals surface area contributed by atoms with Crippen LogP contribution in [0.15, 0.2) is 4.99 Å². The maximum absolute atomic E-state index is 9.88. The van der Waals surface area contributed by atoms with E-state index >= 15 is 0 Å². The highest BCUT2D eigenvalue weighted by Crippen LogP contribution is 2.25. The summed E-state index contributed by atoms with van der Waals surface area (Å²) in [5, 5.41) is 13.3. The molecule has 1 aliphatic carbocycles. The largest absolute Gasteiger partial charge is 0.393 e. The summed E-state index contributed by atoms with van der Waals surface area (Å²) in [6.07, 6.45) is 5.69. The average molecular weight is 267 g/mol. The molecule has 2 fully saturated rings. The Labute approximate surface area is 117 Å². The maximum atomic E-state index is 9.88. The van der Waals surface area contributed by atoms with E-state index in [1.807, 2.05) is 0 Å². The van der Waals surface area contributed by atoms with E-state index in [1.165, 1.54) is 12.8 Å². The van der Waals surface area contributed by atoms with Crippen molar-refractivity contribution in [2.45, 2.75) is 52.1 Å². The normalized spacial score (nSPS) is 32.7. The summed E-state index contributed by atoms with van der Waals surface area (Å²) in [7, 11) is 0. The zero-order chi connectivity index (χ0) is 13.7. The fourth-order valence-corrected chi connectivity index (χ4v) is 3.24. The Bertz CT molecular complexity index is 306. The summed E-state index contributed by atoms with van der Waals surface area (Å²) in [4.78, 5) is 7.16. The summed E-state index contributed by atoms with van der Waals surface area (Å²) in [5.74, 6) is 2.18. The number of aliphatic hydroxyl groups is 1. The fourth-order valence-electron chi connectivity index (χ4n) is 3.24. The molecular formula is C15H29N3O. The second-order valence-electron chi connectivity index (χ2n) is 6.15. The zero-order valence-corrected chi connectivity index (χ0v) is 12.4. The van der Waals surface area contributed by atoms with Crippen LogP contribution in [0.1, 0.15) is 46.0 Å². The molecule has 3 atom stereocenters. The van der Waals surface area contributed by atoms with E-state index in [9.17, 15) is 5.11 Å². The molecule has 0 amide bonds. The molecular weight excluding hydrogens is 238 g/mol. The van der Waals surface area contributed by atoms with Gasteiger partial charge in [-0.05, 0) is 38.5 Å². The van der Waals surface area contributed by atoms with Crippen molar-refractivity contribution in [3.8, 4) is 0 Å². The molecule has 4 nitrogen and oxygen atoms in total. The molecule has 0 aromatic rings. The minimum absolute atomic E-state index is 0.132. The molecule has 19 heavy (non-hydrogen) atoms. The predicted octanol–water partition coefficient (Wildman–Crippen LogP) is 1.84. The average Bonchev–Trinajstić information content (AvgIpc) is 2.80. The van der Waals surface area contributed by atoms with Crippen molar-refractivity contribution in [2.24, 2.45) is 16.8 Å². The lowest BCUT2D eigenvalue weighted by molar-refractivity contribution is 0.136. The summed E-state index contributed by atoms with van der Waals surface area (Å²) >= 11 is 0. The van der Waals surface area contributed by atoms with Gasteiger partial charge in [-0.3, -0.25) is 4.99 Å². The summed E-state index contributed by atoms with van der Waals surface area (Å²) in [5.41, 5.74) is 0. The molecule has 0 aromatic carbocycles. The van der Waals surface area contributed by atoms with Gasteiger partial charge >= 0.3 is 0 Å². The summed E-state index contributed by atoms with van der Waals surface area (Å²) in [6, 6.07) is 0. The number of nitrogens with zero attached hydrogens (tertiary/aromatic N) is 2. The Balaban J connectivity index is 1.93. The van der Waals surface area contributed by atoms with Crippen molar-refractivity contribution < 1.29 is 5.11 Å². The second kappa shape index (κ2) is 7.13. The van der Waals surface area contributed by atoms with E-state index in [-0.39, 0.29) is 6.10 Å². The third-order valence-electron chi connectivity index (χ3n) is 4.39. The van der Waals surface area contributed by atoms with Gasteiger partial charge in [-0.25, -0.2) is 0 Å². The van der Waals surface area contributed by atoms with Crippen LogP contribution in [-0.4, -0.2) is 48.2 Å². The molecule has 1 aliphatic heterocycles. The van der Waals surface area contributed by atoms with Crippen LogP contribution in [0.4, 0.5) is 0 Å². The molecule has 0 bridgehead atoms. The molecule has 2 rings (SSSR count). The van der Waals surface area contributed by atoms with E-state index in [1.54, 1.807) is 0 Å². The quantitative estimate of drug-likeness (QED) is 0.606. The van der Waals surface area contributed by atoms with Crippen LogP contribution in [0.5, 0.6) is 0 Å². The molecule has 1 saturated heterocycles. The van der Waals surface area contributed by atoms with Gasteiger partial charge in [0.25, 0.3) is 0 Å². The number of hydrogen-bond donors (Lipinski definition) is 2. The molecule has 110 valence electrons. The van der Waals surface area contributed by atoms with Gasteiger partial charge in [0.15, 0.2) is 5.96 Å². The molecule has 0 radical (unpaired) electrons. The molecule has 3 unspecified atom stereocenters. The Hall–Kier alpha value is -0.770. The number of aliphatic imine (C=N–C) groups is 1. The Morgan fingerprint density at radius 2 is 2.16 bits per heavy atom. The predicted molar refractivity (Wildman–Crippen MR) is 79.3 cm³/mol. The first-order valence-electron chi connectivity index (χ1n) is 7.92. The maximum Gasteiger partial charge on any atom is 0.193 e. The first-order chi connectivity index (χ1) is 9.20. The third kappa shape index (κ3) is 4.10. The number of piperidine rings is 1. The van der Waals surface area contributed by atoms with Crippen molar-refractivity contribution in [3.63, 3.8) is 0 Å². The topological polar surface area (TPSA) is 47.9 Å². The lowest BCUT2D eigenvalue weighted by Crippen LogP contribution is -2.46. The molecule has 0 spiro atoms. The standard InChI is InChI=1S/C15H29N3O/c1-3-16-15(18-9-5-6-12(2)11-18)17-10-13-7-4-8-14(13)19/h12-14,19H,3-11H2,1-2H3,(H,16,17). The van der Waals surface area contributed by atoms with Gasteiger partial charge in [0.2, 0.25) is 0 Å². The van der Waals surface area contributed by atoms with Crippen molar-refractivity contribution in [1.82, 2.24) is 10.2 Å². The fraction of sp³-hybridized carbons (Fsp3) is 0.933. The Kier molecular flexibility index (Phi) is 5.49. The number of rotatable bonds is 3. The van der Waals surface area contributed by atoms with E-state index < -0.39 is 0 Å². The van der Waals surface area contributed by atoms with Gasteiger partial charge in [0, 0.05) is 32.1 Å². The highest BCUT2D eigenvalue weighted by atomic mass is 16.3. The van der Waals surface area contributed by atoms with Gasteiger partial charge in [0.05, 0.1) is 6.10 Å². The smallest absolute Gasteiger partial charge is 0.193 e. The van der Waals surface area contributed by atoms with Crippen LogP contribution in [0, 0.1) is 11.8 Å². The first kappa shape index (κ1) is 14.6.